The molecule has 34 nitrogen and oxygen atoms in total. The summed E-state index contributed by atoms with van der Waals surface area (Å²) >= 11 is 1.33. The van der Waals surface area contributed by atoms with Gasteiger partial charge < -0.3 is 108 Å². The van der Waals surface area contributed by atoms with Crippen LogP contribution in [0.1, 0.15) is 72.1 Å². The first-order valence-corrected chi connectivity index (χ1v) is 26.9. The molecule has 1 aliphatic heterocycles. The summed E-state index contributed by atoms with van der Waals surface area (Å²) in [5, 5.41) is 56.9. The Balaban J connectivity index is 3.85. The number of aliphatic hydroxyl groups excluding tert-OH is 3. The van der Waals surface area contributed by atoms with Gasteiger partial charge in [0.2, 0.25) is 65.0 Å². The fraction of sp³-hybridized carbons (Fsp3) is 0.689. The van der Waals surface area contributed by atoms with Crippen molar-refractivity contribution < 1.29 is 68.1 Å². The number of rotatable bonds is 20. The zero-order valence-electron chi connectivity index (χ0n) is 45.3. The maximum absolute atomic E-state index is 14.2. The summed E-state index contributed by atoms with van der Waals surface area (Å²) in [6.07, 6.45) is -0.123. The van der Waals surface area contributed by atoms with Crippen LogP contribution in [0.4, 0.5) is 0 Å². The Bertz CT molecular complexity index is 2190. The summed E-state index contributed by atoms with van der Waals surface area (Å²) in [6.45, 7) is 0.0301. The van der Waals surface area contributed by atoms with E-state index in [0.29, 0.717) is 5.75 Å². The van der Waals surface area contributed by atoms with E-state index >= 15 is 0 Å². The monoisotopic (exact) mass is 1160 g/mol. The number of aliphatic imine (C=N–C) groups is 3. The van der Waals surface area contributed by atoms with E-state index in [1.54, 1.807) is 20.1 Å². The topological polar surface area (TPSA) is 574 Å². The van der Waals surface area contributed by atoms with Crippen molar-refractivity contribution in [1.29, 1.82) is 0 Å². The summed E-state index contributed by atoms with van der Waals surface area (Å²) in [5.74, 6) is -11.7. The number of nitrogens with one attached hydrogen (secondary N) is 11. The van der Waals surface area contributed by atoms with Crippen molar-refractivity contribution in [3.8, 4) is 0 Å². The number of aliphatic hydroxyl groups is 3. The molecule has 35 heteroatoms. The van der Waals surface area contributed by atoms with E-state index in [4.69, 9.17) is 34.4 Å². The Labute approximate surface area is 466 Å². The number of hydrogen-bond donors (Lipinski definition) is 20. The Kier molecular flexibility index (Phi) is 33.3. The smallest absolute Gasteiger partial charge is 0.245 e. The minimum Gasteiger partial charge on any atom is -0.394 e. The van der Waals surface area contributed by atoms with Crippen LogP contribution in [0.15, 0.2) is 15.0 Å². The summed E-state index contributed by atoms with van der Waals surface area (Å²) in [6, 6.07) is -12.4. The van der Waals surface area contributed by atoms with Crippen LogP contribution in [0, 0.1) is 5.92 Å². The van der Waals surface area contributed by atoms with Crippen LogP contribution in [0.25, 0.3) is 0 Å². The van der Waals surface area contributed by atoms with Crippen molar-refractivity contribution in [3.63, 3.8) is 0 Å². The number of hydrogen-bond acceptors (Lipinski definition) is 18. The standard InChI is InChI=1S/C45H82N20O14S/c1-22(2)16-28-40(77)61-26(10-7-14-54-45(50)51)38(75)63-29(20-66)35(72)56-19-33(71)58-24(8-5-12-52-43(46)47)36(73)64-30(21-67)41(78)65-34(23(3)68)42(79)57-17-31(69)55-18-32(70)59-27(11-15-80-4)39(76)60-25(37(74)62-28)9-6-13-53-44(48)49/h22-30,34,66-68H,5-21H2,1-4H3,(H,55,69)(H,56,72)(H,57,79)(H,58,71)(H,59,70)(H,60,76)(H,61,77)(H,62,74)(H,63,75)(H,64,73)(H,65,78)(H4,46,47,52)(H4,48,49,53)(H4,50,51,54)/t23-,24+,25+,26+,27+,28+,29+,30+,34+/m1/s1. The van der Waals surface area contributed by atoms with Gasteiger partial charge in [0.15, 0.2) is 17.9 Å². The second-order valence-corrected chi connectivity index (χ2v) is 19.6. The molecule has 0 aromatic rings. The van der Waals surface area contributed by atoms with E-state index in [-0.39, 0.29) is 94.8 Å². The molecule has 0 aromatic carbocycles. The predicted octanol–water partition coefficient (Wildman–Crippen LogP) is -10.4. The highest BCUT2D eigenvalue weighted by molar-refractivity contribution is 7.98. The molecule has 11 amide bonds. The quantitative estimate of drug-likeness (QED) is 0.0306. The van der Waals surface area contributed by atoms with Crippen LogP contribution in [0.2, 0.25) is 0 Å². The lowest BCUT2D eigenvalue weighted by atomic mass is 10.0. The lowest BCUT2D eigenvalue weighted by Gasteiger charge is -2.28. The van der Waals surface area contributed by atoms with Crippen LogP contribution < -0.4 is 92.9 Å². The van der Waals surface area contributed by atoms with E-state index in [0.717, 1.165) is 6.92 Å². The molecule has 0 bridgehead atoms. The summed E-state index contributed by atoms with van der Waals surface area (Å²) in [7, 11) is 0. The number of carbonyl (C=O) groups is 11. The molecule has 26 N–H and O–H groups in total. The molecule has 0 spiro atoms. The third-order valence-corrected chi connectivity index (χ3v) is 12.0. The highest BCUT2D eigenvalue weighted by Gasteiger charge is 2.35. The first-order valence-electron chi connectivity index (χ1n) is 25.5. The van der Waals surface area contributed by atoms with Gasteiger partial charge in [-0.25, -0.2) is 0 Å². The minimum atomic E-state index is -1.82. The first-order chi connectivity index (χ1) is 37.7. The van der Waals surface area contributed by atoms with Crippen LogP contribution >= 0.6 is 11.8 Å². The van der Waals surface area contributed by atoms with Gasteiger partial charge in [-0.2, -0.15) is 11.8 Å². The highest BCUT2D eigenvalue weighted by Crippen LogP contribution is 2.11. The lowest BCUT2D eigenvalue weighted by Crippen LogP contribution is -2.60. The number of carbonyl (C=O) groups excluding carboxylic acids is 11. The van der Waals surface area contributed by atoms with E-state index in [9.17, 15) is 68.1 Å². The van der Waals surface area contributed by atoms with E-state index in [2.05, 4.69) is 73.5 Å². The number of guanidine groups is 3. The fourth-order valence-electron chi connectivity index (χ4n) is 7.23. The molecule has 1 heterocycles. The molecule has 9 atom stereocenters. The molecule has 80 heavy (non-hydrogen) atoms. The van der Waals surface area contributed by atoms with Gasteiger partial charge in [0.1, 0.15) is 48.3 Å². The molecule has 1 aliphatic rings. The van der Waals surface area contributed by atoms with E-state index in [1.807, 2.05) is 0 Å². The molecule has 0 aromatic heterocycles. The Hall–Kier alpha value is -7.79. The van der Waals surface area contributed by atoms with Crippen LogP contribution in [0.3, 0.4) is 0 Å². The molecule has 1 saturated heterocycles. The maximum Gasteiger partial charge on any atom is 0.245 e. The van der Waals surface area contributed by atoms with Crippen molar-refractivity contribution in [3.05, 3.63) is 0 Å². The second-order valence-electron chi connectivity index (χ2n) is 18.6. The van der Waals surface area contributed by atoms with Gasteiger partial charge in [0.25, 0.3) is 0 Å². The zero-order chi connectivity index (χ0) is 60.5. The molecular weight excluding hydrogens is 1080 g/mol. The normalized spacial score (nSPS) is 23.8. The Morgan fingerprint density at radius 2 is 0.800 bits per heavy atom. The van der Waals surface area contributed by atoms with E-state index < -0.39 is 152 Å². The third kappa shape index (κ3) is 28.7. The number of nitrogens with zero attached hydrogens (tertiary/aromatic N) is 3. The van der Waals surface area contributed by atoms with Gasteiger partial charge in [-0.15, -0.1) is 0 Å². The van der Waals surface area contributed by atoms with Crippen LogP contribution in [-0.2, 0) is 52.7 Å². The van der Waals surface area contributed by atoms with Crippen molar-refractivity contribution in [2.75, 3.05) is 64.5 Å². The van der Waals surface area contributed by atoms with Crippen molar-refractivity contribution in [2.45, 2.75) is 127 Å². The van der Waals surface area contributed by atoms with Gasteiger partial charge >= 0.3 is 0 Å². The van der Waals surface area contributed by atoms with E-state index in [1.165, 1.54) is 11.8 Å². The predicted molar refractivity (Wildman–Crippen MR) is 293 cm³/mol. The molecule has 0 unspecified atom stereocenters. The largest absolute Gasteiger partial charge is 0.394 e. The van der Waals surface area contributed by atoms with Gasteiger partial charge in [-0.05, 0) is 76.2 Å². The molecule has 1 fully saturated rings. The molecule has 0 aliphatic carbocycles. The second kappa shape index (κ2) is 37.9. The van der Waals surface area contributed by atoms with Gasteiger partial charge in [0.05, 0.1) is 39.0 Å². The van der Waals surface area contributed by atoms with Crippen LogP contribution in [-0.4, -0.2) is 217 Å². The Morgan fingerprint density at radius 3 is 1.20 bits per heavy atom. The first kappa shape index (κ1) is 70.2. The molecule has 452 valence electrons. The lowest BCUT2D eigenvalue weighted by molar-refractivity contribution is -0.136. The summed E-state index contributed by atoms with van der Waals surface area (Å²) in [4.78, 5) is 161. The fourth-order valence-corrected chi connectivity index (χ4v) is 7.70. The zero-order valence-corrected chi connectivity index (χ0v) is 46.2. The highest BCUT2D eigenvalue weighted by atomic mass is 32.2. The number of amides is 11. The summed E-state index contributed by atoms with van der Waals surface area (Å²) < 4.78 is 0. The average molecular weight is 1160 g/mol. The third-order valence-electron chi connectivity index (χ3n) is 11.3. The minimum absolute atomic E-state index is 0.0155. The summed E-state index contributed by atoms with van der Waals surface area (Å²) in [5.41, 5.74) is 32.7. The van der Waals surface area contributed by atoms with Gasteiger partial charge in [0, 0.05) is 19.6 Å². The van der Waals surface area contributed by atoms with Crippen molar-refractivity contribution >= 4 is 94.6 Å². The van der Waals surface area contributed by atoms with Gasteiger partial charge in [-0.1, -0.05) is 13.8 Å². The number of thioether (sulfide) groups is 1. The molecule has 1 rings (SSSR count). The van der Waals surface area contributed by atoms with Crippen molar-refractivity contribution in [1.82, 2.24) is 58.5 Å². The maximum atomic E-state index is 14.2. The van der Waals surface area contributed by atoms with Gasteiger partial charge in [-0.3, -0.25) is 67.7 Å². The Morgan fingerprint density at radius 1 is 0.463 bits per heavy atom. The SMILES string of the molecule is CSCC[C@@H]1NC(=O)CNC(=O)CNC(=O)[C@H]([C@@H](C)O)NC(=O)[C@H](CO)NC(=O)[C@H](CCCN=C(N)N)NC(=O)CNC(=O)[C@H](CO)NC(=O)[C@H](CCCN=C(N)N)NC(=O)[C@H](CC(C)C)NC(=O)[C@H](CCCN=C(N)N)NC1=O. The van der Waals surface area contributed by atoms with Crippen LogP contribution in [0.5, 0.6) is 0 Å². The molecular formula is C45H82N20O14S. The average Bonchev–Trinajstić information content (AvgIpc) is 3.39. The molecule has 0 radical (unpaired) electrons. The number of nitrogens with two attached hydrogens (primary N) is 6. The van der Waals surface area contributed by atoms with Crippen molar-refractivity contribution in [2.24, 2.45) is 55.3 Å². The molecule has 0 saturated carbocycles.